The molecule has 0 radical (unpaired) electrons. The van der Waals surface area contributed by atoms with Gasteiger partial charge in [-0.3, -0.25) is 0 Å². The van der Waals surface area contributed by atoms with E-state index < -0.39 is 0 Å². The van der Waals surface area contributed by atoms with Crippen molar-refractivity contribution >= 4 is 5.96 Å². The first-order valence-electron chi connectivity index (χ1n) is 7.97. The topological polar surface area (TPSA) is 36.4 Å². The lowest BCUT2D eigenvalue weighted by Gasteiger charge is -2.17. The van der Waals surface area contributed by atoms with E-state index in [1.54, 1.807) is 0 Å². The van der Waals surface area contributed by atoms with Crippen molar-refractivity contribution in [2.45, 2.75) is 58.0 Å². The Balaban J connectivity index is 1.89. The van der Waals surface area contributed by atoms with Crippen molar-refractivity contribution in [3.05, 3.63) is 35.9 Å². The van der Waals surface area contributed by atoms with Crippen LogP contribution in [0.3, 0.4) is 0 Å². The molecule has 0 atom stereocenters. The third-order valence-corrected chi connectivity index (χ3v) is 3.78. The Morgan fingerprint density at radius 1 is 1.20 bits per heavy atom. The molecule has 0 amide bonds. The van der Waals surface area contributed by atoms with E-state index in [1.807, 2.05) is 6.07 Å². The molecule has 1 aromatic rings. The maximum atomic E-state index is 4.72. The summed E-state index contributed by atoms with van der Waals surface area (Å²) in [5.74, 6) is 0.981. The number of aliphatic imine (C=N–C) groups is 1. The molecule has 2 N–H and O–H groups in total. The number of guanidine groups is 1. The Bertz CT molecular complexity index is 394. The van der Waals surface area contributed by atoms with Gasteiger partial charge < -0.3 is 10.6 Å². The first kappa shape index (κ1) is 14.9. The molecule has 1 saturated carbocycles. The predicted molar refractivity (Wildman–Crippen MR) is 85.9 cm³/mol. The summed E-state index contributed by atoms with van der Waals surface area (Å²) in [7, 11) is 0. The van der Waals surface area contributed by atoms with E-state index in [2.05, 4.69) is 41.8 Å². The SMILES string of the molecule is CCCCNC(=NCc1ccccc1)NC1CCCC1. The van der Waals surface area contributed by atoms with Crippen LogP contribution in [-0.2, 0) is 6.54 Å². The van der Waals surface area contributed by atoms with Crippen LogP contribution in [0.5, 0.6) is 0 Å². The van der Waals surface area contributed by atoms with Crippen LogP contribution in [0.4, 0.5) is 0 Å². The van der Waals surface area contributed by atoms with Crippen LogP contribution in [0.15, 0.2) is 35.3 Å². The lowest BCUT2D eigenvalue weighted by molar-refractivity contribution is 0.607. The first-order valence-corrected chi connectivity index (χ1v) is 7.97. The molecule has 0 bridgehead atoms. The van der Waals surface area contributed by atoms with Crippen LogP contribution in [0.1, 0.15) is 51.0 Å². The van der Waals surface area contributed by atoms with Gasteiger partial charge in [0.15, 0.2) is 5.96 Å². The van der Waals surface area contributed by atoms with Crippen molar-refractivity contribution < 1.29 is 0 Å². The quantitative estimate of drug-likeness (QED) is 0.473. The second kappa shape index (κ2) is 8.62. The Morgan fingerprint density at radius 2 is 1.95 bits per heavy atom. The number of nitrogens with zero attached hydrogens (tertiary/aromatic N) is 1. The molecule has 1 aromatic carbocycles. The van der Waals surface area contributed by atoms with Crippen molar-refractivity contribution in [1.29, 1.82) is 0 Å². The monoisotopic (exact) mass is 273 g/mol. The van der Waals surface area contributed by atoms with Crippen molar-refractivity contribution in [3.63, 3.8) is 0 Å². The van der Waals surface area contributed by atoms with E-state index in [4.69, 9.17) is 4.99 Å². The maximum absolute atomic E-state index is 4.72. The first-order chi connectivity index (χ1) is 9.88. The third-order valence-electron chi connectivity index (χ3n) is 3.78. The summed E-state index contributed by atoms with van der Waals surface area (Å²) in [6, 6.07) is 11.0. The van der Waals surface area contributed by atoms with E-state index in [1.165, 1.54) is 44.1 Å². The van der Waals surface area contributed by atoms with Crippen LogP contribution in [0.2, 0.25) is 0 Å². The number of rotatable bonds is 6. The zero-order chi connectivity index (χ0) is 14.0. The molecule has 1 aliphatic rings. The molecule has 3 nitrogen and oxygen atoms in total. The van der Waals surface area contributed by atoms with E-state index in [0.717, 1.165) is 19.0 Å². The zero-order valence-electron chi connectivity index (χ0n) is 12.6. The van der Waals surface area contributed by atoms with Gasteiger partial charge in [0.1, 0.15) is 0 Å². The summed E-state index contributed by atoms with van der Waals surface area (Å²) in [5, 5.41) is 7.04. The van der Waals surface area contributed by atoms with E-state index in [-0.39, 0.29) is 0 Å². The molecule has 3 heteroatoms. The van der Waals surface area contributed by atoms with E-state index in [9.17, 15) is 0 Å². The number of benzene rings is 1. The molecule has 0 unspecified atom stereocenters. The lowest BCUT2D eigenvalue weighted by Crippen LogP contribution is -2.42. The zero-order valence-corrected chi connectivity index (χ0v) is 12.6. The molecule has 0 aromatic heterocycles. The molecule has 0 saturated heterocycles. The van der Waals surface area contributed by atoms with Gasteiger partial charge >= 0.3 is 0 Å². The second-order valence-corrected chi connectivity index (χ2v) is 5.56. The average molecular weight is 273 g/mol. The maximum Gasteiger partial charge on any atom is 0.191 e. The molecule has 110 valence electrons. The predicted octanol–water partition coefficient (Wildman–Crippen LogP) is 3.46. The van der Waals surface area contributed by atoms with Gasteiger partial charge in [0.25, 0.3) is 0 Å². The Kier molecular flexibility index (Phi) is 6.42. The van der Waals surface area contributed by atoms with Crippen molar-refractivity contribution in [3.8, 4) is 0 Å². The van der Waals surface area contributed by atoms with Gasteiger partial charge in [-0.05, 0) is 24.8 Å². The van der Waals surface area contributed by atoms with Crippen molar-refractivity contribution in [2.75, 3.05) is 6.54 Å². The largest absolute Gasteiger partial charge is 0.356 e. The van der Waals surface area contributed by atoms with Crippen LogP contribution >= 0.6 is 0 Å². The molecule has 0 aliphatic heterocycles. The smallest absolute Gasteiger partial charge is 0.191 e. The summed E-state index contributed by atoms with van der Waals surface area (Å²) in [5.41, 5.74) is 1.26. The lowest BCUT2D eigenvalue weighted by atomic mass is 10.2. The fourth-order valence-corrected chi connectivity index (χ4v) is 2.55. The van der Waals surface area contributed by atoms with Gasteiger partial charge in [-0.1, -0.05) is 56.5 Å². The Labute approximate surface area is 122 Å². The molecule has 20 heavy (non-hydrogen) atoms. The summed E-state index contributed by atoms with van der Waals surface area (Å²) in [6.07, 6.45) is 7.65. The average Bonchev–Trinajstić information content (AvgIpc) is 2.99. The third kappa shape index (κ3) is 5.24. The van der Waals surface area contributed by atoms with Gasteiger partial charge in [-0.2, -0.15) is 0 Å². The van der Waals surface area contributed by atoms with E-state index in [0.29, 0.717) is 6.04 Å². The second-order valence-electron chi connectivity index (χ2n) is 5.56. The van der Waals surface area contributed by atoms with Crippen LogP contribution < -0.4 is 10.6 Å². The summed E-state index contributed by atoms with van der Waals surface area (Å²) in [6.45, 7) is 3.96. The molecule has 1 fully saturated rings. The van der Waals surface area contributed by atoms with Gasteiger partial charge in [-0.15, -0.1) is 0 Å². The highest BCUT2D eigenvalue weighted by Crippen LogP contribution is 2.17. The molecule has 2 rings (SSSR count). The van der Waals surface area contributed by atoms with Crippen molar-refractivity contribution in [1.82, 2.24) is 10.6 Å². The molecule has 0 heterocycles. The minimum atomic E-state index is 0.610. The molecular weight excluding hydrogens is 246 g/mol. The van der Waals surface area contributed by atoms with Crippen LogP contribution in [-0.4, -0.2) is 18.5 Å². The van der Waals surface area contributed by atoms with Gasteiger partial charge in [0, 0.05) is 12.6 Å². The standard InChI is InChI=1S/C17H27N3/c1-2-3-13-18-17(20-16-11-7-8-12-16)19-14-15-9-5-4-6-10-15/h4-6,9-10,16H,2-3,7-8,11-14H2,1H3,(H2,18,19,20). The van der Waals surface area contributed by atoms with Gasteiger partial charge in [0.05, 0.1) is 6.54 Å². The van der Waals surface area contributed by atoms with E-state index >= 15 is 0 Å². The van der Waals surface area contributed by atoms with Crippen LogP contribution in [0.25, 0.3) is 0 Å². The highest BCUT2D eigenvalue weighted by Gasteiger charge is 2.15. The fourth-order valence-electron chi connectivity index (χ4n) is 2.55. The number of nitrogens with one attached hydrogen (secondary N) is 2. The number of hydrogen-bond acceptors (Lipinski definition) is 1. The number of unbranched alkanes of at least 4 members (excludes halogenated alkanes) is 1. The highest BCUT2D eigenvalue weighted by molar-refractivity contribution is 5.80. The highest BCUT2D eigenvalue weighted by atomic mass is 15.2. The molecule has 1 aliphatic carbocycles. The summed E-state index contributed by atoms with van der Waals surface area (Å²) in [4.78, 5) is 4.72. The molecular formula is C17H27N3. The van der Waals surface area contributed by atoms with Crippen LogP contribution in [0, 0.1) is 0 Å². The number of hydrogen-bond donors (Lipinski definition) is 2. The normalized spacial score (nSPS) is 16.4. The summed E-state index contributed by atoms with van der Waals surface area (Å²) < 4.78 is 0. The minimum Gasteiger partial charge on any atom is -0.356 e. The minimum absolute atomic E-state index is 0.610. The van der Waals surface area contributed by atoms with Crippen molar-refractivity contribution in [2.24, 2.45) is 4.99 Å². The van der Waals surface area contributed by atoms with Gasteiger partial charge in [0.2, 0.25) is 0 Å². The van der Waals surface area contributed by atoms with Gasteiger partial charge in [-0.25, -0.2) is 4.99 Å². The summed E-state index contributed by atoms with van der Waals surface area (Å²) >= 11 is 0. The fraction of sp³-hybridized carbons (Fsp3) is 0.588. The molecule has 0 spiro atoms. The Morgan fingerprint density at radius 3 is 2.65 bits per heavy atom. The Hall–Kier alpha value is -1.51.